The molecule has 0 atom stereocenters. The summed E-state index contributed by atoms with van der Waals surface area (Å²) in [5.74, 6) is 1.29. The van der Waals surface area contributed by atoms with Crippen LogP contribution in [0.5, 0.6) is 0 Å². The molecule has 0 bridgehead atoms. The Morgan fingerprint density at radius 3 is 1.93 bits per heavy atom. The van der Waals surface area contributed by atoms with Gasteiger partial charge in [-0.15, -0.1) is 19.4 Å². The monoisotopic (exact) mass is 377 g/mol. The number of rotatable bonds is 1. The minimum absolute atomic E-state index is 0. The van der Waals surface area contributed by atoms with Crippen LogP contribution in [0.3, 0.4) is 0 Å². The standard InChI is InChI=1S/C12H21N2.W/c1-8(2)11-10(12(4,5)6)9(3)14(7)13-11;/h1-7H3;/q-1;. The van der Waals surface area contributed by atoms with Crippen LogP contribution in [-0.2, 0) is 33.5 Å². The van der Waals surface area contributed by atoms with E-state index in [9.17, 15) is 0 Å². The fraction of sp³-hybridized carbons (Fsp3) is 0.667. The molecule has 0 N–H and O–H groups in total. The molecule has 0 amide bonds. The molecule has 0 saturated carbocycles. The maximum atomic E-state index is 4.56. The molecule has 1 aromatic rings. The van der Waals surface area contributed by atoms with Crippen molar-refractivity contribution >= 4 is 0 Å². The van der Waals surface area contributed by atoms with E-state index in [1.807, 2.05) is 11.7 Å². The van der Waals surface area contributed by atoms with Gasteiger partial charge in [0.15, 0.2) is 0 Å². The van der Waals surface area contributed by atoms with Gasteiger partial charge in [-0.3, -0.25) is 4.68 Å². The second-order valence-corrected chi connectivity index (χ2v) is 5.18. The summed E-state index contributed by atoms with van der Waals surface area (Å²) in [4.78, 5) is 0. The maximum Gasteiger partial charge on any atom is 0.0281 e. The van der Waals surface area contributed by atoms with Crippen molar-refractivity contribution in [2.75, 3.05) is 0 Å². The molecule has 0 saturated heterocycles. The minimum Gasteiger partial charge on any atom is -0.293 e. The normalized spacial score (nSPS) is 11.1. The molecule has 1 aromatic heterocycles. The van der Waals surface area contributed by atoms with E-state index in [1.165, 1.54) is 17.2 Å². The maximum absolute atomic E-state index is 4.56. The summed E-state index contributed by atoms with van der Waals surface area (Å²) >= 11 is 0. The molecule has 2 nitrogen and oxygen atoms in total. The second kappa shape index (κ2) is 4.74. The van der Waals surface area contributed by atoms with Crippen LogP contribution < -0.4 is 0 Å². The van der Waals surface area contributed by atoms with E-state index in [0.29, 0.717) is 0 Å². The van der Waals surface area contributed by atoms with E-state index in [4.69, 9.17) is 0 Å². The third-order valence-electron chi connectivity index (χ3n) is 2.56. The third-order valence-corrected chi connectivity index (χ3v) is 2.56. The topological polar surface area (TPSA) is 17.8 Å². The Hall–Kier alpha value is -0.232. The first-order valence-corrected chi connectivity index (χ1v) is 5.09. The molecule has 0 fully saturated rings. The van der Waals surface area contributed by atoms with Gasteiger partial charge in [-0.2, -0.15) is 5.92 Å². The van der Waals surface area contributed by atoms with Crippen molar-refractivity contribution in [1.29, 1.82) is 0 Å². The molecule has 0 unspecified atom stereocenters. The zero-order valence-corrected chi connectivity index (χ0v) is 13.7. The number of aryl methyl sites for hydroxylation is 1. The van der Waals surface area contributed by atoms with Gasteiger partial charge in [0.25, 0.3) is 0 Å². The average Bonchev–Trinajstić information content (AvgIpc) is 2.27. The van der Waals surface area contributed by atoms with E-state index in [1.54, 1.807) is 0 Å². The summed E-state index contributed by atoms with van der Waals surface area (Å²) < 4.78 is 1.98. The van der Waals surface area contributed by atoms with Crippen molar-refractivity contribution in [3.05, 3.63) is 22.9 Å². The molecule has 1 heterocycles. The van der Waals surface area contributed by atoms with Gasteiger partial charge < -0.3 is 0 Å². The van der Waals surface area contributed by atoms with Crippen LogP contribution >= 0.6 is 0 Å². The van der Waals surface area contributed by atoms with E-state index in [2.05, 4.69) is 46.6 Å². The summed E-state index contributed by atoms with van der Waals surface area (Å²) in [5, 5.41) is 4.56. The zero-order valence-electron chi connectivity index (χ0n) is 10.8. The summed E-state index contributed by atoms with van der Waals surface area (Å²) in [6.45, 7) is 13.1. The quantitative estimate of drug-likeness (QED) is 0.689. The van der Waals surface area contributed by atoms with E-state index >= 15 is 0 Å². The Morgan fingerprint density at radius 1 is 1.20 bits per heavy atom. The van der Waals surface area contributed by atoms with E-state index in [-0.39, 0.29) is 26.5 Å². The predicted octanol–water partition coefficient (Wildman–Crippen LogP) is 2.99. The van der Waals surface area contributed by atoms with Gasteiger partial charge in [-0.25, -0.2) is 5.10 Å². The molecule has 0 aliphatic rings. The first-order valence-electron chi connectivity index (χ1n) is 5.09. The molecule has 0 aromatic carbocycles. The number of hydrogen-bond acceptors (Lipinski definition) is 1. The van der Waals surface area contributed by atoms with Crippen molar-refractivity contribution < 1.29 is 21.1 Å². The summed E-state index contributed by atoms with van der Waals surface area (Å²) in [6.07, 6.45) is 0. The Morgan fingerprint density at radius 2 is 1.67 bits per heavy atom. The molecule has 3 heteroatoms. The zero-order chi connectivity index (χ0) is 11.1. The van der Waals surface area contributed by atoms with Gasteiger partial charge in [-0.1, -0.05) is 31.9 Å². The van der Waals surface area contributed by atoms with Crippen molar-refractivity contribution in [3.63, 3.8) is 0 Å². The minimum atomic E-state index is 0. The van der Waals surface area contributed by atoms with Crippen LogP contribution in [0.25, 0.3) is 0 Å². The van der Waals surface area contributed by atoms with Crippen molar-refractivity contribution in [3.8, 4) is 0 Å². The van der Waals surface area contributed by atoms with Gasteiger partial charge in [0.05, 0.1) is 0 Å². The van der Waals surface area contributed by atoms with Gasteiger partial charge >= 0.3 is 0 Å². The smallest absolute Gasteiger partial charge is 0.0281 e. The first-order chi connectivity index (χ1) is 6.25. The second-order valence-electron chi connectivity index (χ2n) is 5.18. The molecule has 0 aliphatic heterocycles. The average molecular weight is 377 g/mol. The van der Waals surface area contributed by atoms with Gasteiger partial charge in [0.1, 0.15) is 0 Å². The molecule has 0 radical (unpaired) electrons. The van der Waals surface area contributed by atoms with Crippen LogP contribution in [0.4, 0.5) is 0 Å². The van der Waals surface area contributed by atoms with Crippen molar-refractivity contribution in [2.45, 2.75) is 47.0 Å². The van der Waals surface area contributed by atoms with Crippen LogP contribution in [0, 0.1) is 12.8 Å². The van der Waals surface area contributed by atoms with Gasteiger partial charge in [0.2, 0.25) is 0 Å². The van der Waals surface area contributed by atoms with E-state index < -0.39 is 0 Å². The Kier molecular flexibility index (Phi) is 4.66. The summed E-state index contributed by atoms with van der Waals surface area (Å²) in [5.41, 5.74) is 3.98. The molecular weight excluding hydrogens is 356 g/mol. The SMILES string of the molecule is Cc1c(C(C)(C)C)c([C-](C)C)nn1C.[W]. The van der Waals surface area contributed by atoms with Crippen LogP contribution in [-0.4, -0.2) is 9.78 Å². The molecule has 15 heavy (non-hydrogen) atoms. The molecule has 0 aliphatic carbocycles. The molecular formula is C12H21N2W-. The van der Waals surface area contributed by atoms with Crippen molar-refractivity contribution in [2.24, 2.45) is 7.05 Å². The number of nitrogens with zero attached hydrogens (tertiary/aromatic N) is 2. The van der Waals surface area contributed by atoms with Crippen molar-refractivity contribution in [1.82, 2.24) is 9.78 Å². The number of aromatic nitrogens is 2. The fourth-order valence-corrected chi connectivity index (χ4v) is 1.86. The molecule has 1 rings (SSSR count). The Labute approximate surface area is 108 Å². The van der Waals surface area contributed by atoms with Crippen LogP contribution in [0.1, 0.15) is 51.6 Å². The van der Waals surface area contributed by atoms with Crippen LogP contribution in [0.2, 0.25) is 0 Å². The molecule has 86 valence electrons. The number of hydrogen-bond donors (Lipinski definition) is 0. The predicted molar refractivity (Wildman–Crippen MR) is 60.3 cm³/mol. The molecule has 0 spiro atoms. The van der Waals surface area contributed by atoms with Gasteiger partial charge in [-0.05, 0) is 12.6 Å². The first kappa shape index (κ1) is 14.8. The van der Waals surface area contributed by atoms with Crippen LogP contribution in [0.15, 0.2) is 0 Å². The van der Waals surface area contributed by atoms with E-state index in [0.717, 1.165) is 5.69 Å². The third kappa shape index (κ3) is 2.87. The Balaban J connectivity index is 0.00000196. The summed E-state index contributed by atoms with van der Waals surface area (Å²) in [6, 6.07) is 0. The Bertz CT molecular complexity index is 332. The fourth-order valence-electron chi connectivity index (χ4n) is 1.86. The summed E-state index contributed by atoms with van der Waals surface area (Å²) in [7, 11) is 2.01. The largest absolute Gasteiger partial charge is 0.293 e. The van der Waals surface area contributed by atoms with Gasteiger partial charge in [0, 0.05) is 28.1 Å².